The molecule has 98 valence electrons. The van der Waals surface area contributed by atoms with Crippen LogP contribution in [0.4, 0.5) is 0 Å². The van der Waals surface area contributed by atoms with Crippen LogP contribution in [0.3, 0.4) is 0 Å². The fourth-order valence-corrected chi connectivity index (χ4v) is 2.79. The molecule has 1 aliphatic rings. The summed E-state index contributed by atoms with van der Waals surface area (Å²) in [5.41, 5.74) is 3.59. The third kappa shape index (κ3) is 2.33. The fourth-order valence-electron chi connectivity index (χ4n) is 2.79. The van der Waals surface area contributed by atoms with E-state index >= 15 is 0 Å². The van der Waals surface area contributed by atoms with Gasteiger partial charge in [0.1, 0.15) is 5.82 Å². The number of fused-ring (bicyclic) bond motifs is 1. The van der Waals surface area contributed by atoms with Crippen molar-refractivity contribution in [3.05, 3.63) is 53.1 Å². The normalized spacial score (nSPS) is 13.5. The maximum atomic E-state index is 12.3. The lowest BCUT2D eigenvalue weighted by Gasteiger charge is -2.06. The lowest BCUT2D eigenvalue weighted by Crippen LogP contribution is -2.10. The minimum absolute atomic E-state index is 0.163. The number of rotatable bonds is 4. The SMILES string of the molecule is CCn1ccnc1CC(=O)c1ccc2c(c1)CCC2. The number of hydrogen-bond acceptors (Lipinski definition) is 2. The molecule has 3 rings (SSSR count). The van der Waals surface area contributed by atoms with Gasteiger partial charge in [-0.3, -0.25) is 4.79 Å². The second kappa shape index (κ2) is 5.00. The Balaban J connectivity index is 1.81. The third-order valence-corrected chi connectivity index (χ3v) is 3.88. The quantitative estimate of drug-likeness (QED) is 0.786. The summed E-state index contributed by atoms with van der Waals surface area (Å²) in [6.45, 7) is 2.91. The molecule has 0 saturated carbocycles. The predicted octanol–water partition coefficient (Wildman–Crippen LogP) is 2.82. The van der Waals surface area contributed by atoms with E-state index in [1.54, 1.807) is 6.20 Å². The van der Waals surface area contributed by atoms with Crippen molar-refractivity contribution < 1.29 is 4.79 Å². The Morgan fingerprint density at radius 1 is 1.32 bits per heavy atom. The molecule has 0 atom stereocenters. The minimum Gasteiger partial charge on any atom is -0.335 e. The van der Waals surface area contributed by atoms with Crippen LogP contribution in [0.5, 0.6) is 0 Å². The van der Waals surface area contributed by atoms with Crippen molar-refractivity contribution in [2.24, 2.45) is 0 Å². The number of aromatic nitrogens is 2. The van der Waals surface area contributed by atoms with E-state index in [0.29, 0.717) is 6.42 Å². The first kappa shape index (κ1) is 12.2. The second-order valence-electron chi connectivity index (χ2n) is 5.07. The Morgan fingerprint density at radius 3 is 3.00 bits per heavy atom. The highest BCUT2D eigenvalue weighted by Gasteiger charge is 2.15. The van der Waals surface area contributed by atoms with E-state index < -0.39 is 0 Å². The van der Waals surface area contributed by atoms with Gasteiger partial charge in [0, 0.05) is 24.5 Å². The molecule has 3 nitrogen and oxygen atoms in total. The van der Waals surface area contributed by atoms with E-state index in [1.165, 1.54) is 17.5 Å². The van der Waals surface area contributed by atoms with Gasteiger partial charge in [-0.2, -0.15) is 0 Å². The summed E-state index contributed by atoms with van der Waals surface area (Å²) in [4.78, 5) is 16.6. The molecule has 0 bridgehead atoms. The van der Waals surface area contributed by atoms with Crippen molar-refractivity contribution in [3.63, 3.8) is 0 Å². The van der Waals surface area contributed by atoms with Crippen LogP contribution >= 0.6 is 0 Å². The highest BCUT2D eigenvalue weighted by atomic mass is 16.1. The Morgan fingerprint density at radius 2 is 2.16 bits per heavy atom. The van der Waals surface area contributed by atoms with Crippen LogP contribution in [0.25, 0.3) is 0 Å². The molecule has 0 amide bonds. The van der Waals surface area contributed by atoms with E-state index in [-0.39, 0.29) is 5.78 Å². The second-order valence-corrected chi connectivity index (χ2v) is 5.07. The predicted molar refractivity (Wildman–Crippen MR) is 74.4 cm³/mol. The molecule has 1 aromatic carbocycles. The van der Waals surface area contributed by atoms with E-state index in [1.807, 2.05) is 16.8 Å². The van der Waals surface area contributed by atoms with Crippen LogP contribution in [-0.2, 0) is 25.8 Å². The van der Waals surface area contributed by atoms with Crippen LogP contribution in [0.15, 0.2) is 30.6 Å². The van der Waals surface area contributed by atoms with Crippen molar-refractivity contribution in [1.82, 2.24) is 9.55 Å². The van der Waals surface area contributed by atoms with E-state index in [0.717, 1.165) is 30.8 Å². The Bertz CT molecular complexity index is 613. The van der Waals surface area contributed by atoms with Crippen molar-refractivity contribution in [2.75, 3.05) is 0 Å². The van der Waals surface area contributed by atoms with Crippen LogP contribution in [0, 0.1) is 0 Å². The number of imidazole rings is 1. The average molecular weight is 254 g/mol. The van der Waals surface area contributed by atoms with Crippen LogP contribution < -0.4 is 0 Å². The molecule has 3 heteroatoms. The molecule has 1 aromatic heterocycles. The number of Topliss-reactive ketones (excluding diaryl/α,β-unsaturated/α-hetero) is 1. The third-order valence-electron chi connectivity index (χ3n) is 3.88. The molecular weight excluding hydrogens is 236 g/mol. The van der Waals surface area contributed by atoms with Crippen molar-refractivity contribution in [2.45, 2.75) is 39.2 Å². The van der Waals surface area contributed by atoms with Gasteiger partial charge in [-0.15, -0.1) is 0 Å². The fraction of sp³-hybridized carbons (Fsp3) is 0.375. The highest BCUT2D eigenvalue weighted by Crippen LogP contribution is 2.23. The van der Waals surface area contributed by atoms with E-state index in [4.69, 9.17) is 0 Å². The smallest absolute Gasteiger partial charge is 0.170 e. The largest absolute Gasteiger partial charge is 0.335 e. The molecule has 0 spiro atoms. The van der Waals surface area contributed by atoms with Gasteiger partial charge in [-0.1, -0.05) is 12.1 Å². The number of aryl methyl sites for hydroxylation is 3. The maximum absolute atomic E-state index is 12.3. The first-order valence-corrected chi connectivity index (χ1v) is 6.93. The number of carbonyl (C=O) groups excluding carboxylic acids is 1. The molecular formula is C16H18N2O. The van der Waals surface area contributed by atoms with Gasteiger partial charge in [-0.05, 0) is 43.4 Å². The maximum Gasteiger partial charge on any atom is 0.170 e. The molecule has 0 saturated heterocycles. The van der Waals surface area contributed by atoms with Gasteiger partial charge in [0.05, 0.1) is 6.42 Å². The summed E-state index contributed by atoms with van der Waals surface area (Å²) in [7, 11) is 0. The lowest BCUT2D eigenvalue weighted by atomic mass is 10.0. The molecule has 0 radical (unpaired) electrons. The summed E-state index contributed by atoms with van der Waals surface area (Å²) in [5, 5.41) is 0. The van der Waals surface area contributed by atoms with E-state index in [2.05, 4.69) is 24.0 Å². The minimum atomic E-state index is 0.163. The number of ketones is 1. The molecule has 1 heterocycles. The summed E-state index contributed by atoms with van der Waals surface area (Å²) >= 11 is 0. The van der Waals surface area contributed by atoms with Gasteiger partial charge < -0.3 is 4.57 Å². The van der Waals surface area contributed by atoms with Gasteiger partial charge in [0.25, 0.3) is 0 Å². The molecule has 0 N–H and O–H groups in total. The summed E-state index contributed by atoms with van der Waals surface area (Å²) in [6.07, 6.45) is 7.55. The van der Waals surface area contributed by atoms with Crippen molar-refractivity contribution >= 4 is 5.78 Å². The first-order chi connectivity index (χ1) is 9.28. The zero-order valence-electron chi connectivity index (χ0n) is 11.2. The Labute approximate surface area is 113 Å². The Kier molecular flexibility index (Phi) is 3.20. The molecule has 0 unspecified atom stereocenters. The highest BCUT2D eigenvalue weighted by molar-refractivity contribution is 5.97. The van der Waals surface area contributed by atoms with E-state index in [9.17, 15) is 4.79 Å². The summed E-state index contributed by atoms with van der Waals surface area (Å²) in [6, 6.07) is 6.15. The summed E-state index contributed by atoms with van der Waals surface area (Å²) in [5.74, 6) is 1.02. The average Bonchev–Trinajstić information content (AvgIpc) is 3.05. The van der Waals surface area contributed by atoms with Crippen LogP contribution in [0.2, 0.25) is 0 Å². The molecule has 1 aliphatic carbocycles. The Hall–Kier alpha value is -1.90. The van der Waals surface area contributed by atoms with Gasteiger partial charge in [-0.25, -0.2) is 4.98 Å². The zero-order chi connectivity index (χ0) is 13.2. The van der Waals surface area contributed by atoms with Gasteiger partial charge in [0.15, 0.2) is 5.78 Å². The van der Waals surface area contributed by atoms with Crippen LogP contribution in [-0.4, -0.2) is 15.3 Å². The molecule has 0 fully saturated rings. The number of benzene rings is 1. The topological polar surface area (TPSA) is 34.9 Å². The molecule has 0 aliphatic heterocycles. The molecule has 19 heavy (non-hydrogen) atoms. The zero-order valence-corrected chi connectivity index (χ0v) is 11.2. The molecule has 2 aromatic rings. The van der Waals surface area contributed by atoms with Crippen molar-refractivity contribution in [3.8, 4) is 0 Å². The number of nitrogens with zero attached hydrogens (tertiary/aromatic N) is 2. The van der Waals surface area contributed by atoms with Crippen LogP contribution in [0.1, 0.15) is 40.7 Å². The lowest BCUT2D eigenvalue weighted by molar-refractivity contribution is 0.0989. The monoisotopic (exact) mass is 254 g/mol. The number of hydrogen-bond donors (Lipinski definition) is 0. The van der Waals surface area contributed by atoms with Gasteiger partial charge in [0.2, 0.25) is 0 Å². The first-order valence-electron chi connectivity index (χ1n) is 6.93. The van der Waals surface area contributed by atoms with Crippen molar-refractivity contribution in [1.29, 1.82) is 0 Å². The number of carbonyl (C=O) groups is 1. The summed E-state index contributed by atoms with van der Waals surface area (Å²) < 4.78 is 2.02. The standard InChI is InChI=1S/C16H18N2O/c1-2-18-9-8-17-16(18)11-15(19)14-7-6-12-4-3-5-13(12)10-14/h6-10H,2-5,11H2,1H3. The van der Waals surface area contributed by atoms with Gasteiger partial charge >= 0.3 is 0 Å².